The van der Waals surface area contributed by atoms with Crippen LogP contribution in [-0.2, 0) is 17.6 Å². The van der Waals surface area contributed by atoms with Gasteiger partial charge in [-0.2, -0.15) is 0 Å². The maximum atomic E-state index is 13.5. The van der Waals surface area contributed by atoms with E-state index in [0.29, 0.717) is 23.5 Å². The number of carbonyl (C=O) groups excluding carboxylic acids is 1. The first-order valence-electron chi connectivity index (χ1n) is 14.4. The molecule has 3 unspecified atom stereocenters. The number of halogens is 2. The highest BCUT2D eigenvalue weighted by atomic mass is 19.2. The molecule has 0 amide bonds. The zero-order valence-corrected chi connectivity index (χ0v) is 22.8. The van der Waals surface area contributed by atoms with E-state index in [9.17, 15) is 13.6 Å². The molecule has 1 heterocycles. The summed E-state index contributed by atoms with van der Waals surface area (Å²) in [7, 11) is 0. The summed E-state index contributed by atoms with van der Waals surface area (Å²) in [5.41, 5.74) is 11.9. The third-order valence-corrected chi connectivity index (χ3v) is 9.27. The van der Waals surface area contributed by atoms with Gasteiger partial charge in [0.1, 0.15) is 0 Å². The molecule has 0 saturated heterocycles. The van der Waals surface area contributed by atoms with Crippen LogP contribution in [0.15, 0.2) is 59.2 Å². The van der Waals surface area contributed by atoms with E-state index in [1.807, 2.05) is 0 Å². The van der Waals surface area contributed by atoms with Crippen LogP contribution in [-0.4, -0.2) is 11.5 Å². The first-order chi connectivity index (χ1) is 18.8. The van der Waals surface area contributed by atoms with E-state index >= 15 is 0 Å². The molecule has 2 aromatic carbocycles. The van der Waals surface area contributed by atoms with Crippen molar-refractivity contribution in [2.45, 2.75) is 83.6 Å². The number of rotatable bonds is 4. The molecular weight excluding hydrogens is 490 g/mol. The van der Waals surface area contributed by atoms with Crippen molar-refractivity contribution in [1.82, 2.24) is 0 Å². The molecular formula is C34H38F2N2O. The normalized spacial score (nSPS) is 28.3. The highest BCUT2D eigenvalue weighted by molar-refractivity contribution is 6.01. The number of nitrogens with two attached hydrogens (primary N) is 1. The SMILES string of the molecule is CC1CCC(=O)/C(C#CCc2ccc(F)c(F)c2)=C\N=C1CCC1CCCC2(CC1)Cc1ccccc1[C@H]2N. The molecule has 0 bridgehead atoms. The van der Waals surface area contributed by atoms with E-state index in [1.165, 1.54) is 49.3 Å². The summed E-state index contributed by atoms with van der Waals surface area (Å²) in [6.45, 7) is 2.16. The first kappa shape index (κ1) is 27.5. The second-order valence-electron chi connectivity index (χ2n) is 11.8. The molecule has 3 aliphatic rings. The van der Waals surface area contributed by atoms with Crippen LogP contribution in [0.5, 0.6) is 0 Å². The summed E-state index contributed by atoms with van der Waals surface area (Å²) in [4.78, 5) is 17.4. The van der Waals surface area contributed by atoms with E-state index in [0.717, 1.165) is 43.5 Å². The lowest BCUT2D eigenvalue weighted by Gasteiger charge is -2.33. The highest BCUT2D eigenvalue weighted by Crippen LogP contribution is 2.53. The van der Waals surface area contributed by atoms with Crippen LogP contribution in [0.2, 0.25) is 0 Å². The molecule has 4 atom stereocenters. The average molecular weight is 529 g/mol. The van der Waals surface area contributed by atoms with Gasteiger partial charge in [-0.3, -0.25) is 9.79 Å². The molecule has 5 rings (SSSR count). The Morgan fingerprint density at radius 1 is 1.08 bits per heavy atom. The van der Waals surface area contributed by atoms with Crippen LogP contribution in [0.25, 0.3) is 0 Å². The van der Waals surface area contributed by atoms with Crippen molar-refractivity contribution in [2.75, 3.05) is 0 Å². The number of benzene rings is 2. The summed E-state index contributed by atoms with van der Waals surface area (Å²) >= 11 is 0. The van der Waals surface area contributed by atoms with E-state index in [1.54, 1.807) is 6.20 Å². The minimum Gasteiger partial charge on any atom is -0.323 e. The lowest BCUT2D eigenvalue weighted by Crippen LogP contribution is -2.31. The Kier molecular flexibility index (Phi) is 8.43. The number of aliphatic imine (C=N–C) groups is 1. The number of nitrogens with zero attached hydrogens (tertiary/aromatic N) is 1. The van der Waals surface area contributed by atoms with Crippen LogP contribution in [0, 0.1) is 40.7 Å². The smallest absolute Gasteiger partial charge is 0.172 e. The maximum Gasteiger partial charge on any atom is 0.172 e. The van der Waals surface area contributed by atoms with Gasteiger partial charge >= 0.3 is 0 Å². The van der Waals surface area contributed by atoms with Crippen molar-refractivity contribution in [3.63, 3.8) is 0 Å². The third kappa shape index (κ3) is 6.23. The molecule has 5 heteroatoms. The number of hydrogen-bond acceptors (Lipinski definition) is 3. The summed E-state index contributed by atoms with van der Waals surface area (Å²) in [5, 5.41) is 0. The zero-order valence-electron chi connectivity index (χ0n) is 22.8. The predicted molar refractivity (Wildman–Crippen MR) is 152 cm³/mol. The molecule has 1 aliphatic heterocycles. The average Bonchev–Trinajstić information content (AvgIpc) is 3.06. The molecule has 1 saturated carbocycles. The number of hydrogen-bond donors (Lipinski definition) is 1. The lowest BCUT2D eigenvalue weighted by molar-refractivity contribution is -0.115. The Morgan fingerprint density at radius 3 is 2.74 bits per heavy atom. The zero-order chi connectivity index (χ0) is 27.4. The molecule has 2 aromatic rings. The van der Waals surface area contributed by atoms with E-state index in [-0.39, 0.29) is 29.6 Å². The fourth-order valence-electron chi connectivity index (χ4n) is 6.75. The third-order valence-electron chi connectivity index (χ3n) is 9.27. The molecule has 204 valence electrons. The summed E-state index contributed by atoms with van der Waals surface area (Å²) in [5.74, 6) is 5.03. The van der Waals surface area contributed by atoms with Crippen LogP contribution in [0.1, 0.15) is 87.4 Å². The maximum absolute atomic E-state index is 13.5. The molecule has 3 nitrogen and oxygen atoms in total. The highest BCUT2D eigenvalue weighted by Gasteiger charge is 2.44. The fraction of sp³-hybridized carbons (Fsp3) is 0.471. The quantitative estimate of drug-likeness (QED) is 0.419. The van der Waals surface area contributed by atoms with Gasteiger partial charge in [0.05, 0.1) is 5.57 Å². The van der Waals surface area contributed by atoms with E-state index in [4.69, 9.17) is 10.7 Å². The number of ketones is 1. The van der Waals surface area contributed by atoms with Crippen molar-refractivity contribution in [2.24, 2.45) is 28.0 Å². The van der Waals surface area contributed by atoms with Gasteiger partial charge in [-0.1, -0.05) is 61.9 Å². The molecule has 0 aromatic heterocycles. The van der Waals surface area contributed by atoms with Gasteiger partial charge in [0.2, 0.25) is 0 Å². The van der Waals surface area contributed by atoms with Gasteiger partial charge in [0.25, 0.3) is 0 Å². The summed E-state index contributed by atoms with van der Waals surface area (Å²) < 4.78 is 26.6. The van der Waals surface area contributed by atoms with Gasteiger partial charge in [-0.05, 0) is 91.0 Å². The van der Waals surface area contributed by atoms with Gasteiger partial charge in [-0.25, -0.2) is 8.78 Å². The largest absolute Gasteiger partial charge is 0.323 e. The predicted octanol–water partition coefficient (Wildman–Crippen LogP) is 7.44. The fourth-order valence-corrected chi connectivity index (χ4v) is 6.75. The molecule has 1 fully saturated rings. The minimum atomic E-state index is -0.890. The Bertz CT molecular complexity index is 1350. The van der Waals surface area contributed by atoms with Gasteiger partial charge < -0.3 is 5.73 Å². The number of allylic oxidation sites excluding steroid dienone is 1. The minimum absolute atomic E-state index is 0.00889. The monoisotopic (exact) mass is 528 g/mol. The van der Waals surface area contributed by atoms with Crippen LogP contribution < -0.4 is 5.73 Å². The van der Waals surface area contributed by atoms with Crippen molar-refractivity contribution in [3.05, 3.63) is 82.6 Å². The van der Waals surface area contributed by atoms with Crippen molar-refractivity contribution >= 4 is 11.5 Å². The summed E-state index contributed by atoms with van der Waals surface area (Å²) in [6.07, 6.45) is 12.3. The Balaban J connectivity index is 1.21. The van der Waals surface area contributed by atoms with Crippen LogP contribution in [0.4, 0.5) is 8.78 Å². The molecule has 39 heavy (non-hydrogen) atoms. The molecule has 2 N–H and O–H groups in total. The molecule has 0 radical (unpaired) electrons. The van der Waals surface area contributed by atoms with Gasteiger partial charge in [0.15, 0.2) is 17.4 Å². The van der Waals surface area contributed by atoms with Crippen LogP contribution >= 0.6 is 0 Å². The molecule has 2 aliphatic carbocycles. The van der Waals surface area contributed by atoms with Crippen molar-refractivity contribution in [1.29, 1.82) is 0 Å². The second-order valence-corrected chi connectivity index (χ2v) is 11.8. The first-order valence-corrected chi connectivity index (χ1v) is 14.4. The van der Waals surface area contributed by atoms with Gasteiger partial charge in [0, 0.05) is 30.8 Å². The molecule has 1 spiro atoms. The topological polar surface area (TPSA) is 55.5 Å². The van der Waals surface area contributed by atoms with Crippen molar-refractivity contribution < 1.29 is 13.6 Å². The lowest BCUT2D eigenvalue weighted by atomic mass is 9.74. The van der Waals surface area contributed by atoms with E-state index < -0.39 is 11.6 Å². The van der Waals surface area contributed by atoms with Crippen molar-refractivity contribution in [3.8, 4) is 11.8 Å². The second kappa shape index (κ2) is 12.0. The van der Waals surface area contributed by atoms with Gasteiger partial charge in [-0.15, -0.1) is 0 Å². The Hall–Kier alpha value is -3.10. The number of Topliss-reactive ketones (excluding diaryl/α,β-unsaturated/α-hetero) is 1. The Morgan fingerprint density at radius 2 is 1.92 bits per heavy atom. The Labute approximate surface area is 231 Å². The standard InChI is InChI=1S/C34H38F2N2O/c1-23-11-16-32(39)27(9-4-6-25-12-14-29(35)30(36)20-25)22-38-31(23)15-13-24-7-5-18-34(19-17-24)21-26-8-2-3-10-28(26)33(34)37/h2-3,8,10,12,14,20,22-24,33H,5-7,11,13,15-19,21,37H2,1H3/b27-22-,38-31?/t23?,24?,33-,34?/m1/s1. The number of fused-ring (bicyclic) bond motifs is 1. The summed E-state index contributed by atoms with van der Waals surface area (Å²) in [6, 6.07) is 12.6. The number of carbonyl (C=O) groups is 1. The van der Waals surface area contributed by atoms with E-state index in [2.05, 4.69) is 43.0 Å². The van der Waals surface area contributed by atoms with Crippen LogP contribution in [0.3, 0.4) is 0 Å².